The number of aryl methyl sites for hydroxylation is 1. The van der Waals surface area contributed by atoms with E-state index in [1.54, 1.807) is 14.2 Å². The van der Waals surface area contributed by atoms with Crippen molar-refractivity contribution in [2.24, 2.45) is 12.0 Å². The van der Waals surface area contributed by atoms with Gasteiger partial charge in [0, 0.05) is 46.0 Å². The number of guanidine groups is 1. The Morgan fingerprint density at radius 2 is 1.93 bits per heavy atom. The lowest BCUT2D eigenvalue weighted by Crippen LogP contribution is -2.38. The summed E-state index contributed by atoms with van der Waals surface area (Å²) in [5, 5.41) is 6.45. The molecule has 27 heavy (non-hydrogen) atoms. The molecule has 0 bridgehead atoms. The Balaban J connectivity index is 0.00000364. The van der Waals surface area contributed by atoms with Crippen LogP contribution in [0.3, 0.4) is 0 Å². The van der Waals surface area contributed by atoms with E-state index < -0.39 is 11.9 Å². The zero-order valence-corrected chi connectivity index (χ0v) is 17.9. The molecule has 150 valence electrons. The van der Waals surface area contributed by atoms with Gasteiger partial charge in [-0.2, -0.15) is 18.3 Å². The first-order valence-corrected chi connectivity index (χ1v) is 7.89. The first-order chi connectivity index (χ1) is 12.2. The Labute approximate surface area is 173 Å². The summed E-state index contributed by atoms with van der Waals surface area (Å²) >= 11 is 0. The predicted octanol–water partition coefficient (Wildman–Crippen LogP) is 3.27. The molecule has 6 nitrogen and oxygen atoms in total. The topological polar surface area (TPSA) is 54.7 Å². The number of aromatic nitrogens is 2. The minimum absolute atomic E-state index is 0. The average molecular weight is 497 g/mol. The number of alkyl halides is 3. The van der Waals surface area contributed by atoms with Crippen LogP contribution < -0.4 is 10.1 Å². The van der Waals surface area contributed by atoms with Gasteiger partial charge >= 0.3 is 6.18 Å². The Hall–Kier alpha value is -1.98. The van der Waals surface area contributed by atoms with Gasteiger partial charge in [-0.1, -0.05) is 12.1 Å². The number of benzene rings is 1. The Bertz CT molecular complexity index is 759. The molecule has 1 heterocycles. The highest BCUT2D eigenvalue weighted by atomic mass is 127. The molecule has 0 saturated heterocycles. The third-order valence-electron chi connectivity index (χ3n) is 3.76. The van der Waals surface area contributed by atoms with E-state index in [0.29, 0.717) is 12.5 Å². The van der Waals surface area contributed by atoms with Crippen LogP contribution in [-0.4, -0.2) is 41.8 Å². The van der Waals surface area contributed by atoms with E-state index in [1.807, 2.05) is 36.2 Å². The van der Waals surface area contributed by atoms with Crippen molar-refractivity contribution in [1.82, 2.24) is 20.0 Å². The highest BCUT2D eigenvalue weighted by molar-refractivity contribution is 14.0. The number of nitrogens with one attached hydrogen (secondary N) is 1. The van der Waals surface area contributed by atoms with E-state index in [0.717, 1.165) is 16.0 Å². The van der Waals surface area contributed by atoms with Gasteiger partial charge in [0.05, 0.1) is 7.11 Å². The highest BCUT2D eigenvalue weighted by Gasteiger charge is 2.36. The number of halogens is 4. The first-order valence-electron chi connectivity index (χ1n) is 7.89. The van der Waals surface area contributed by atoms with Crippen LogP contribution in [0, 0.1) is 0 Å². The smallest absolute Gasteiger partial charge is 0.435 e. The molecule has 0 amide bonds. The fraction of sp³-hybridized carbons (Fsp3) is 0.412. The summed E-state index contributed by atoms with van der Waals surface area (Å²) in [6.45, 7) is 0.519. The summed E-state index contributed by atoms with van der Waals surface area (Å²) in [6.07, 6.45) is -3.14. The van der Waals surface area contributed by atoms with Crippen LogP contribution in [0.25, 0.3) is 0 Å². The number of hydrogen-bond donors (Lipinski definition) is 1. The van der Waals surface area contributed by atoms with Crippen LogP contribution in [-0.2, 0) is 26.3 Å². The molecule has 10 heteroatoms. The van der Waals surface area contributed by atoms with Crippen molar-refractivity contribution in [3.8, 4) is 5.75 Å². The van der Waals surface area contributed by atoms with Crippen LogP contribution in [0.1, 0.15) is 16.8 Å². The van der Waals surface area contributed by atoms with Gasteiger partial charge in [-0.25, -0.2) is 0 Å². The summed E-state index contributed by atoms with van der Waals surface area (Å²) in [7, 11) is 6.46. The number of methoxy groups -OCH3 is 1. The van der Waals surface area contributed by atoms with Gasteiger partial charge in [-0.15, -0.1) is 24.0 Å². The molecule has 0 aliphatic carbocycles. The normalized spacial score (nSPS) is 11.7. The van der Waals surface area contributed by atoms with Gasteiger partial charge in [0.15, 0.2) is 11.7 Å². The van der Waals surface area contributed by atoms with Crippen LogP contribution in [0.15, 0.2) is 35.5 Å². The number of ether oxygens (including phenoxy) is 1. The molecule has 0 saturated carbocycles. The van der Waals surface area contributed by atoms with Gasteiger partial charge in [0.2, 0.25) is 0 Å². The summed E-state index contributed by atoms with van der Waals surface area (Å²) in [5.41, 5.74) is 0.202. The van der Waals surface area contributed by atoms with Crippen molar-refractivity contribution in [2.45, 2.75) is 19.3 Å². The van der Waals surface area contributed by atoms with E-state index in [1.165, 1.54) is 13.2 Å². The molecular weight excluding hydrogens is 474 g/mol. The van der Waals surface area contributed by atoms with Crippen molar-refractivity contribution in [1.29, 1.82) is 0 Å². The maximum absolute atomic E-state index is 13.0. The van der Waals surface area contributed by atoms with Gasteiger partial charge < -0.3 is 15.0 Å². The number of aliphatic imine (C=N–C) groups is 1. The average Bonchev–Trinajstić information content (AvgIpc) is 2.97. The molecule has 2 aromatic rings. The SMILES string of the molecule is CN=C(NCc1cn(C)nc1C(F)(F)F)N(C)Cc1ccc(OC)cc1.I. The van der Waals surface area contributed by atoms with E-state index in [9.17, 15) is 13.2 Å². The molecule has 0 radical (unpaired) electrons. The van der Waals surface area contributed by atoms with Crippen molar-refractivity contribution in [3.05, 3.63) is 47.3 Å². The summed E-state index contributed by atoms with van der Waals surface area (Å²) < 4.78 is 45.3. The lowest BCUT2D eigenvalue weighted by molar-refractivity contribution is -0.142. The first kappa shape index (κ1) is 23.1. The van der Waals surface area contributed by atoms with E-state index >= 15 is 0 Å². The summed E-state index contributed by atoms with van der Waals surface area (Å²) in [5.74, 6) is 1.24. The van der Waals surface area contributed by atoms with Gasteiger partial charge in [-0.05, 0) is 17.7 Å². The predicted molar refractivity (Wildman–Crippen MR) is 108 cm³/mol. The Kier molecular flexibility index (Phi) is 8.38. The number of nitrogens with zero attached hydrogens (tertiary/aromatic N) is 4. The fourth-order valence-corrected chi connectivity index (χ4v) is 2.54. The molecular formula is C17H23F3IN5O. The molecule has 0 spiro atoms. The molecule has 0 aliphatic rings. The maximum Gasteiger partial charge on any atom is 0.435 e. The van der Waals surface area contributed by atoms with Crippen molar-refractivity contribution in [3.63, 3.8) is 0 Å². The maximum atomic E-state index is 13.0. The molecule has 1 aromatic carbocycles. The third-order valence-corrected chi connectivity index (χ3v) is 3.76. The van der Waals surface area contributed by atoms with E-state index in [-0.39, 0.29) is 36.1 Å². The standard InChI is InChI=1S/C17H22F3N5O.HI/c1-21-16(24(2)10-12-5-7-14(26-4)8-6-12)22-9-13-11-25(3)23-15(13)17(18,19)20;/h5-8,11H,9-10H2,1-4H3,(H,21,22);1H. The Morgan fingerprint density at radius 1 is 1.30 bits per heavy atom. The van der Waals surface area contributed by atoms with Gasteiger partial charge in [0.25, 0.3) is 0 Å². The summed E-state index contributed by atoms with van der Waals surface area (Å²) in [6, 6.07) is 7.55. The second-order valence-electron chi connectivity index (χ2n) is 5.78. The zero-order chi connectivity index (χ0) is 19.3. The quantitative estimate of drug-likeness (QED) is 0.392. The van der Waals surface area contributed by atoms with Crippen LogP contribution in [0.2, 0.25) is 0 Å². The van der Waals surface area contributed by atoms with Crippen LogP contribution in [0.4, 0.5) is 13.2 Å². The minimum Gasteiger partial charge on any atom is -0.497 e. The molecule has 0 fully saturated rings. The molecule has 0 aliphatic heterocycles. The monoisotopic (exact) mass is 497 g/mol. The van der Waals surface area contributed by atoms with Crippen molar-refractivity contribution in [2.75, 3.05) is 21.2 Å². The molecule has 0 atom stereocenters. The van der Waals surface area contributed by atoms with E-state index in [4.69, 9.17) is 4.74 Å². The minimum atomic E-state index is -4.49. The lowest BCUT2D eigenvalue weighted by atomic mass is 10.2. The Morgan fingerprint density at radius 3 is 2.44 bits per heavy atom. The number of rotatable bonds is 5. The highest BCUT2D eigenvalue weighted by Crippen LogP contribution is 2.30. The molecule has 0 unspecified atom stereocenters. The summed E-state index contributed by atoms with van der Waals surface area (Å²) in [4.78, 5) is 5.95. The number of hydrogen-bond acceptors (Lipinski definition) is 3. The van der Waals surface area contributed by atoms with Crippen molar-refractivity contribution >= 4 is 29.9 Å². The zero-order valence-electron chi connectivity index (χ0n) is 15.5. The van der Waals surface area contributed by atoms with Gasteiger partial charge in [-0.3, -0.25) is 9.67 Å². The molecule has 2 rings (SSSR count). The van der Waals surface area contributed by atoms with Crippen LogP contribution >= 0.6 is 24.0 Å². The lowest BCUT2D eigenvalue weighted by Gasteiger charge is -2.22. The second-order valence-corrected chi connectivity index (χ2v) is 5.78. The van der Waals surface area contributed by atoms with E-state index in [2.05, 4.69) is 15.4 Å². The fourth-order valence-electron chi connectivity index (χ4n) is 2.54. The largest absolute Gasteiger partial charge is 0.497 e. The van der Waals surface area contributed by atoms with Crippen LogP contribution in [0.5, 0.6) is 5.75 Å². The van der Waals surface area contributed by atoms with Gasteiger partial charge in [0.1, 0.15) is 5.75 Å². The molecule has 1 N–H and O–H groups in total. The third kappa shape index (κ3) is 6.29. The second kappa shape index (κ2) is 9.81. The van der Waals surface area contributed by atoms with Crippen molar-refractivity contribution < 1.29 is 17.9 Å². The molecule has 1 aromatic heterocycles.